The summed E-state index contributed by atoms with van der Waals surface area (Å²) in [5.41, 5.74) is 7.54. The number of aliphatic hydroxyl groups excluding tert-OH is 1. The maximum Gasteiger partial charge on any atom is 0.181 e. The van der Waals surface area contributed by atoms with E-state index in [0.29, 0.717) is 18.4 Å². The second-order valence-corrected chi connectivity index (χ2v) is 13.3. The summed E-state index contributed by atoms with van der Waals surface area (Å²) in [5, 5.41) is 10.1. The van der Waals surface area contributed by atoms with Crippen LogP contribution in [0.5, 0.6) is 0 Å². The highest BCUT2D eigenvalue weighted by Gasteiger charge is 2.32. The average molecular weight is 579 g/mol. The molecule has 0 aromatic heterocycles. The van der Waals surface area contributed by atoms with Crippen LogP contribution in [0, 0.1) is 22.7 Å². The Labute approximate surface area is 260 Å². The van der Waals surface area contributed by atoms with Crippen LogP contribution in [0.25, 0.3) is 0 Å². The van der Waals surface area contributed by atoms with E-state index in [1.54, 1.807) is 12.2 Å². The smallest absolute Gasteiger partial charge is 0.181 e. The van der Waals surface area contributed by atoms with Crippen molar-refractivity contribution >= 4 is 11.6 Å². The lowest BCUT2D eigenvalue weighted by molar-refractivity contribution is -0.116. The van der Waals surface area contributed by atoms with Crippen LogP contribution in [0.15, 0.2) is 117 Å². The molecule has 0 spiro atoms. The van der Waals surface area contributed by atoms with Gasteiger partial charge in [0.2, 0.25) is 0 Å². The molecule has 228 valence electrons. The zero-order valence-corrected chi connectivity index (χ0v) is 27.9. The molecule has 0 unspecified atom stereocenters. The molecule has 0 saturated carbocycles. The molecule has 0 heterocycles. The molecule has 0 aromatic carbocycles. The van der Waals surface area contributed by atoms with E-state index in [2.05, 4.69) is 51.7 Å². The summed E-state index contributed by atoms with van der Waals surface area (Å²) in [5.74, 6) is 6.72. The van der Waals surface area contributed by atoms with Crippen molar-refractivity contribution in [1.29, 1.82) is 0 Å². The van der Waals surface area contributed by atoms with Gasteiger partial charge in [0.1, 0.15) is 0 Å². The van der Waals surface area contributed by atoms with Gasteiger partial charge in [-0.25, -0.2) is 0 Å². The highest BCUT2D eigenvalue weighted by Crippen LogP contribution is 2.40. The number of hydrogen-bond acceptors (Lipinski definition) is 3. The zero-order valence-electron chi connectivity index (χ0n) is 27.9. The van der Waals surface area contributed by atoms with E-state index in [-0.39, 0.29) is 28.5 Å². The summed E-state index contributed by atoms with van der Waals surface area (Å²) in [4.78, 5) is 24.7. The van der Waals surface area contributed by atoms with Crippen LogP contribution >= 0.6 is 0 Å². The average Bonchev–Trinajstić information content (AvgIpc) is 2.87. The van der Waals surface area contributed by atoms with Gasteiger partial charge in [-0.3, -0.25) is 9.59 Å². The first-order chi connectivity index (χ1) is 20.0. The molecule has 0 radical (unpaired) electrons. The first-order valence-electron chi connectivity index (χ1n) is 15.1. The van der Waals surface area contributed by atoms with Crippen LogP contribution in [-0.4, -0.2) is 22.8 Å². The maximum absolute atomic E-state index is 12.8. The summed E-state index contributed by atoms with van der Waals surface area (Å²) in [6, 6.07) is 0. The Morgan fingerprint density at radius 3 is 2.02 bits per heavy atom. The highest BCUT2D eigenvalue weighted by molar-refractivity contribution is 6.05. The number of carbonyl (C=O) groups is 2. The summed E-state index contributed by atoms with van der Waals surface area (Å²) in [6.07, 6.45) is 24.8. The van der Waals surface area contributed by atoms with Crippen LogP contribution in [0.4, 0.5) is 0 Å². The van der Waals surface area contributed by atoms with Gasteiger partial charge < -0.3 is 5.11 Å². The van der Waals surface area contributed by atoms with Crippen LogP contribution in [0.1, 0.15) is 88.5 Å². The molecular weight excluding hydrogens is 528 g/mol. The molecular formula is C40H50O3. The number of aliphatic hydroxyl groups is 1. The molecule has 2 aliphatic carbocycles. The van der Waals surface area contributed by atoms with E-state index in [1.165, 1.54) is 5.57 Å². The topological polar surface area (TPSA) is 54.4 Å². The van der Waals surface area contributed by atoms with E-state index in [0.717, 1.165) is 39.9 Å². The molecule has 0 amide bonds. The van der Waals surface area contributed by atoms with Crippen molar-refractivity contribution in [3.8, 4) is 11.8 Å². The van der Waals surface area contributed by atoms with Gasteiger partial charge in [-0.1, -0.05) is 117 Å². The van der Waals surface area contributed by atoms with E-state index in [4.69, 9.17) is 0 Å². The lowest BCUT2D eigenvalue weighted by Crippen LogP contribution is -2.28. The third-order valence-corrected chi connectivity index (χ3v) is 7.83. The van der Waals surface area contributed by atoms with Gasteiger partial charge in [0.15, 0.2) is 11.6 Å². The maximum atomic E-state index is 12.8. The minimum Gasteiger partial charge on any atom is -0.393 e. The molecule has 2 aliphatic rings. The molecule has 3 heteroatoms. The van der Waals surface area contributed by atoms with Gasteiger partial charge >= 0.3 is 0 Å². The zero-order chi connectivity index (χ0) is 32.4. The Morgan fingerprint density at radius 1 is 0.884 bits per heavy atom. The number of carbonyl (C=O) groups excluding carboxylic acids is 2. The summed E-state index contributed by atoms with van der Waals surface area (Å²) in [6.45, 7) is 20.2. The first-order valence-corrected chi connectivity index (χ1v) is 15.1. The van der Waals surface area contributed by atoms with Gasteiger partial charge in [-0.05, 0) is 94.2 Å². The Bertz CT molecular complexity index is 1470. The van der Waals surface area contributed by atoms with Crippen molar-refractivity contribution in [2.45, 2.75) is 94.6 Å². The predicted molar refractivity (Wildman–Crippen MR) is 182 cm³/mol. The van der Waals surface area contributed by atoms with Crippen LogP contribution in [-0.2, 0) is 9.59 Å². The van der Waals surface area contributed by atoms with Gasteiger partial charge in [-0.15, -0.1) is 0 Å². The minimum absolute atomic E-state index is 0.0384. The predicted octanol–water partition coefficient (Wildman–Crippen LogP) is 9.38. The van der Waals surface area contributed by atoms with Crippen LogP contribution < -0.4 is 0 Å². The second kappa shape index (κ2) is 15.6. The van der Waals surface area contributed by atoms with Gasteiger partial charge in [0.05, 0.1) is 6.10 Å². The summed E-state index contributed by atoms with van der Waals surface area (Å²) >= 11 is 0. The van der Waals surface area contributed by atoms with Crippen LogP contribution in [0.3, 0.4) is 0 Å². The molecule has 1 N–H and O–H groups in total. The van der Waals surface area contributed by atoms with Crippen molar-refractivity contribution in [3.63, 3.8) is 0 Å². The normalized spacial score (nSPS) is 23.0. The highest BCUT2D eigenvalue weighted by atomic mass is 16.3. The summed E-state index contributed by atoms with van der Waals surface area (Å²) < 4.78 is 0. The second-order valence-electron chi connectivity index (χ2n) is 13.3. The van der Waals surface area contributed by atoms with Gasteiger partial charge in [0, 0.05) is 17.4 Å². The molecule has 0 saturated heterocycles. The number of allylic oxidation sites excluding steroid dienone is 19. The fourth-order valence-electron chi connectivity index (χ4n) is 5.56. The molecule has 2 rings (SSSR count). The Kier molecular flexibility index (Phi) is 12.9. The number of ketones is 2. The third-order valence-electron chi connectivity index (χ3n) is 7.83. The van der Waals surface area contributed by atoms with E-state index >= 15 is 0 Å². The number of hydrogen-bond donors (Lipinski definition) is 1. The molecule has 0 aromatic rings. The monoisotopic (exact) mass is 578 g/mol. The number of rotatable bonds is 8. The SMILES string of the molecule is CC1=CC(=O)CC(C)(C)/C1=C/C(=O)/C(C)=C/C=C/C(C)=C/C=C/C=C(C)/C=C/C=C(\C)C#CC1=C(C)C[C@@H](O)CC1(C)C. The third kappa shape index (κ3) is 11.5. The first kappa shape index (κ1) is 35.5. The van der Waals surface area contributed by atoms with Crippen molar-refractivity contribution < 1.29 is 14.7 Å². The molecule has 3 nitrogen and oxygen atoms in total. The Morgan fingerprint density at radius 2 is 1.47 bits per heavy atom. The van der Waals surface area contributed by atoms with Crippen molar-refractivity contribution in [2.75, 3.05) is 0 Å². The van der Waals surface area contributed by atoms with E-state index in [9.17, 15) is 14.7 Å². The van der Waals surface area contributed by atoms with Crippen LogP contribution in [0.2, 0.25) is 0 Å². The molecule has 1 atom stereocenters. The Hall–Kier alpha value is -3.74. The van der Waals surface area contributed by atoms with E-state index < -0.39 is 0 Å². The molecule has 0 aliphatic heterocycles. The van der Waals surface area contributed by atoms with Gasteiger partial charge in [-0.2, -0.15) is 0 Å². The fourth-order valence-corrected chi connectivity index (χ4v) is 5.56. The van der Waals surface area contributed by atoms with Crippen molar-refractivity contribution in [2.24, 2.45) is 10.8 Å². The minimum atomic E-state index is -0.337. The summed E-state index contributed by atoms with van der Waals surface area (Å²) in [7, 11) is 0. The fraction of sp³-hybridized carbons (Fsp3) is 0.400. The van der Waals surface area contributed by atoms with Gasteiger partial charge in [0.25, 0.3) is 0 Å². The largest absolute Gasteiger partial charge is 0.393 e. The lowest BCUT2D eigenvalue weighted by atomic mass is 9.72. The lowest BCUT2D eigenvalue weighted by Gasteiger charge is -2.34. The molecule has 43 heavy (non-hydrogen) atoms. The quantitative estimate of drug-likeness (QED) is 0.177. The standard InChI is InChI=1S/C40H50O3/c1-28(17-13-18-30(3)21-22-36-32(5)23-34(41)26-39(36,7)8)15-11-12-16-29(2)19-14-20-31(4)38(43)25-37-33(6)24-35(42)27-40(37,9)10/h11-20,24-25,34,41H,23,26-27H2,1-10H3/b12-11+,17-13+,19-14+,28-15+,29-16+,30-18+,31-20+,37-25+/t34-/m1/s1. The molecule has 0 fully saturated rings. The molecule has 0 bridgehead atoms. The van der Waals surface area contributed by atoms with E-state index in [1.807, 2.05) is 90.2 Å². The van der Waals surface area contributed by atoms with Crippen molar-refractivity contribution in [3.05, 3.63) is 117 Å². The Balaban J connectivity index is 1.96. The van der Waals surface area contributed by atoms with Crippen molar-refractivity contribution in [1.82, 2.24) is 0 Å².